The molecule has 2 nitrogen and oxygen atoms in total. The Bertz CT molecular complexity index is 135. The van der Waals surface area contributed by atoms with E-state index in [1.165, 1.54) is 6.92 Å². The molecule has 0 bridgehead atoms. The summed E-state index contributed by atoms with van der Waals surface area (Å²) in [4.78, 5) is 0.352. The van der Waals surface area contributed by atoms with Crippen molar-refractivity contribution in [2.75, 3.05) is 0 Å². The molecule has 0 heterocycles. The third-order valence-electron chi connectivity index (χ3n) is 0.698. The summed E-state index contributed by atoms with van der Waals surface area (Å²) in [7, 11) is 0. The molecule has 0 saturated carbocycles. The van der Waals surface area contributed by atoms with Gasteiger partial charge < -0.3 is 10.5 Å². The van der Waals surface area contributed by atoms with Gasteiger partial charge in [0.1, 0.15) is 5.76 Å². The molecule has 0 fully saturated rings. The lowest BCUT2D eigenvalue weighted by molar-refractivity contribution is 0.414. The van der Waals surface area contributed by atoms with Crippen molar-refractivity contribution in [3.05, 3.63) is 10.7 Å². The van der Waals surface area contributed by atoms with Crippen LogP contribution < -0.4 is 0 Å². The first-order valence-corrected chi connectivity index (χ1v) is 2.64. The zero-order chi connectivity index (χ0) is 6.73. The van der Waals surface area contributed by atoms with Crippen molar-refractivity contribution in [1.82, 2.24) is 0 Å². The number of thiol groups is 1. The molecule has 0 aromatic carbocycles. The fraction of sp³-hybridized carbons (Fsp3) is 0.400. The molecule has 0 aromatic heterocycles. The maximum atomic E-state index is 8.65. The van der Waals surface area contributed by atoms with Crippen LogP contribution in [-0.4, -0.2) is 10.8 Å². The molecule has 0 atom stereocenters. The molecule has 0 aliphatic rings. The van der Waals surface area contributed by atoms with Gasteiger partial charge in [-0.15, -0.1) is 12.6 Å². The lowest BCUT2D eigenvalue weighted by Crippen LogP contribution is -1.90. The van der Waals surface area contributed by atoms with Crippen molar-refractivity contribution in [3.63, 3.8) is 0 Å². The lowest BCUT2D eigenvalue weighted by atomic mass is 10.3. The number of aliphatic hydroxyl groups is 1. The van der Waals surface area contributed by atoms with Gasteiger partial charge in [0, 0.05) is 5.71 Å². The Morgan fingerprint density at radius 2 is 1.88 bits per heavy atom. The molecule has 46 valence electrons. The lowest BCUT2D eigenvalue weighted by Gasteiger charge is -1.94. The fourth-order valence-corrected chi connectivity index (χ4v) is 0.271. The monoisotopic (exact) mass is 131 g/mol. The highest BCUT2D eigenvalue weighted by atomic mass is 32.1. The second-order valence-corrected chi connectivity index (χ2v) is 2.01. The highest BCUT2D eigenvalue weighted by Crippen LogP contribution is 2.05. The van der Waals surface area contributed by atoms with E-state index < -0.39 is 0 Å². The van der Waals surface area contributed by atoms with E-state index in [-0.39, 0.29) is 11.5 Å². The Morgan fingerprint density at radius 3 is 1.88 bits per heavy atom. The number of allylic oxidation sites excluding steroid dienone is 2. The number of rotatable bonds is 1. The maximum absolute atomic E-state index is 8.65. The molecular weight excluding hydrogens is 122 g/mol. The van der Waals surface area contributed by atoms with Crippen molar-refractivity contribution in [1.29, 1.82) is 5.41 Å². The summed E-state index contributed by atoms with van der Waals surface area (Å²) in [5, 5.41) is 15.6. The molecule has 0 aromatic rings. The number of hydrogen-bond acceptors (Lipinski definition) is 3. The van der Waals surface area contributed by atoms with E-state index >= 15 is 0 Å². The molecule has 0 aliphatic carbocycles. The topological polar surface area (TPSA) is 44.1 Å². The van der Waals surface area contributed by atoms with Crippen LogP contribution in [0.1, 0.15) is 13.8 Å². The highest BCUT2D eigenvalue weighted by Gasteiger charge is 1.95. The van der Waals surface area contributed by atoms with E-state index in [4.69, 9.17) is 10.5 Å². The zero-order valence-corrected chi connectivity index (χ0v) is 5.79. The normalized spacial score (nSPS) is 12.9. The van der Waals surface area contributed by atoms with Crippen LogP contribution in [0.5, 0.6) is 0 Å². The average Bonchev–Trinajstić information content (AvgIpc) is 1.64. The van der Waals surface area contributed by atoms with Crippen LogP contribution >= 0.6 is 12.6 Å². The molecule has 0 unspecified atom stereocenters. The molecule has 0 saturated heterocycles. The first-order valence-electron chi connectivity index (χ1n) is 2.20. The average molecular weight is 131 g/mol. The quantitative estimate of drug-likeness (QED) is 0.283. The minimum atomic E-state index is 0.0980. The van der Waals surface area contributed by atoms with Gasteiger partial charge >= 0.3 is 0 Å². The molecule has 0 aliphatic heterocycles. The smallest absolute Gasteiger partial charge is 0.104 e. The van der Waals surface area contributed by atoms with Gasteiger partial charge in [-0.3, -0.25) is 0 Å². The zero-order valence-electron chi connectivity index (χ0n) is 4.89. The summed E-state index contributed by atoms with van der Waals surface area (Å²) in [6, 6.07) is 0. The Hall–Kier alpha value is -0.440. The highest BCUT2D eigenvalue weighted by molar-refractivity contribution is 7.85. The summed E-state index contributed by atoms with van der Waals surface area (Å²) >= 11 is 3.82. The molecule has 0 rings (SSSR count). The van der Waals surface area contributed by atoms with Gasteiger partial charge in [-0.2, -0.15) is 0 Å². The summed E-state index contributed by atoms with van der Waals surface area (Å²) in [5.41, 5.74) is 0.285. The Balaban J connectivity index is 4.23. The predicted octanol–water partition coefficient (Wildman–Crippen LogP) is 1.75. The third kappa shape index (κ3) is 2.02. The number of nitrogens with one attached hydrogen (secondary N) is 1. The van der Waals surface area contributed by atoms with E-state index in [1.54, 1.807) is 6.92 Å². The van der Waals surface area contributed by atoms with Gasteiger partial charge in [-0.1, -0.05) is 0 Å². The van der Waals surface area contributed by atoms with Crippen LogP contribution in [0.15, 0.2) is 10.7 Å². The Labute approximate surface area is 54.1 Å². The van der Waals surface area contributed by atoms with Crippen molar-refractivity contribution in [2.24, 2.45) is 0 Å². The van der Waals surface area contributed by atoms with Crippen LogP contribution in [0.4, 0.5) is 0 Å². The molecule has 0 radical (unpaired) electrons. The van der Waals surface area contributed by atoms with Crippen LogP contribution in [0.3, 0.4) is 0 Å². The molecule has 8 heavy (non-hydrogen) atoms. The fourth-order valence-electron chi connectivity index (χ4n) is 0.271. The number of hydrogen-bond donors (Lipinski definition) is 3. The first kappa shape index (κ1) is 7.56. The maximum Gasteiger partial charge on any atom is 0.104 e. The van der Waals surface area contributed by atoms with E-state index in [2.05, 4.69) is 12.6 Å². The van der Waals surface area contributed by atoms with Gasteiger partial charge in [0.05, 0.1) is 4.91 Å². The minimum Gasteiger partial charge on any atom is -0.511 e. The van der Waals surface area contributed by atoms with Crippen molar-refractivity contribution in [2.45, 2.75) is 13.8 Å². The van der Waals surface area contributed by atoms with Gasteiger partial charge in [0.25, 0.3) is 0 Å². The van der Waals surface area contributed by atoms with Gasteiger partial charge in [-0.25, -0.2) is 0 Å². The summed E-state index contributed by atoms with van der Waals surface area (Å²) in [5.74, 6) is 0.0980. The Kier molecular flexibility index (Phi) is 2.62. The van der Waals surface area contributed by atoms with Gasteiger partial charge in [0.2, 0.25) is 0 Å². The molecule has 3 heteroatoms. The van der Waals surface area contributed by atoms with Crippen molar-refractivity contribution < 1.29 is 5.11 Å². The van der Waals surface area contributed by atoms with Crippen LogP contribution in [0, 0.1) is 5.41 Å². The molecule has 0 spiro atoms. The van der Waals surface area contributed by atoms with Crippen molar-refractivity contribution in [3.8, 4) is 0 Å². The van der Waals surface area contributed by atoms with E-state index in [9.17, 15) is 0 Å². The van der Waals surface area contributed by atoms with Crippen LogP contribution in [-0.2, 0) is 0 Å². The predicted molar refractivity (Wildman–Crippen MR) is 37.7 cm³/mol. The summed E-state index contributed by atoms with van der Waals surface area (Å²) < 4.78 is 0. The second kappa shape index (κ2) is 2.77. The van der Waals surface area contributed by atoms with E-state index in [0.717, 1.165) is 0 Å². The van der Waals surface area contributed by atoms with E-state index in [0.29, 0.717) is 4.91 Å². The van der Waals surface area contributed by atoms with Gasteiger partial charge in [0.15, 0.2) is 0 Å². The number of aliphatic hydroxyl groups excluding tert-OH is 1. The molecule has 0 amide bonds. The third-order valence-corrected chi connectivity index (χ3v) is 1.36. The molecule has 2 N–H and O–H groups in total. The Morgan fingerprint density at radius 1 is 1.50 bits per heavy atom. The van der Waals surface area contributed by atoms with Crippen LogP contribution in [0.25, 0.3) is 0 Å². The second-order valence-electron chi connectivity index (χ2n) is 1.56. The van der Waals surface area contributed by atoms with Gasteiger partial charge in [-0.05, 0) is 13.8 Å². The summed E-state index contributed by atoms with van der Waals surface area (Å²) in [6.07, 6.45) is 0. The van der Waals surface area contributed by atoms with Crippen LogP contribution in [0.2, 0.25) is 0 Å². The molecular formula is C5H9NOS. The summed E-state index contributed by atoms with van der Waals surface area (Å²) in [6.45, 7) is 3.07. The standard InChI is InChI=1S/C5H9NOS/c1-3(6)5(8)4(2)7/h6-8H,1-2H3/b5-4+,6-3?. The first-order chi connectivity index (χ1) is 3.55. The SMILES string of the molecule is CC(=N)/C(S)=C(/C)O. The van der Waals surface area contributed by atoms with E-state index in [1.807, 2.05) is 0 Å². The minimum absolute atomic E-state index is 0.0980. The van der Waals surface area contributed by atoms with Crippen molar-refractivity contribution >= 4 is 18.3 Å². The largest absolute Gasteiger partial charge is 0.511 e.